The van der Waals surface area contributed by atoms with E-state index in [1.807, 2.05) is 51.1 Å². The van der Waals surface area contributed by atoms with Crippen LogP contribution in [-0.2, 0) is 4.74 Å². The number of aryl methyl sites for hydroxylation is 1. The molecule has 0 aliphatic carbocycles. The molecule has 1 aromatic heterocycles. The van der Waals surface area contributed by atoms with E-state index < -0.39 is 0 Å². The predicted molar refractivity (Wildman–Crippen MR) is 116 cm³/mol. The normalized spacial score (nSPS) is 15.5. The van der Waals surface area contributed by atoms with Crippen molar-refractivity contribution in [3.63, 3.8) is 0 Å². The number of halogens is 1. The van der Waals surface area contributed by atoms with Crippen molar-refractivity contribution in [1.29, 1.82) is 0 Å². The Bertz CT molecular complexity index is 853. The molecule has 0 saturated carbocycles. The molecule has 7 heteroatoms. The molecule has 150 valence electrons. The Balaban J connectivity index is 1.86. The lowest BCUT2D eigenvalue weighted by Gasteiger charge is -2.25. The zero-order chi connectivity index (χ0) is 19.9. The Morgan fingerprint density at radius 1 is 1.29 bits per heavy atom. The third-order valence-corrected chi connectivity index (χ3v) is 5.57. The van der Waals surface area contributed by atoms with Gasteiger partial charge in [0.05, 0.1) is 30.2 Å². The molecule has 0 N–H and O–H groups in total. The second kappa shape index (κ2) is 10.2. The fraction of sp³-hybridized carbons (Fsp3) is 0.381. The Morgan fingerprint density at radius 3 is 2.75 bits per heavy atom. The van der Waals surface area contributed by atoms with Gasteiger partial charge in [-0.2, -0.15) is 0 Å². The third-order valence-electron chi connectivity index (χ3n) is 4.15. The molecular weight excluding hydrogens is 396 g/mol. The van der Waals surface area contributed by atoms with Crippen LogP contribution in [0.25, 0.3) is 0 Å². The van der Waals surface area contributed by atoms with Gasteiger partial charge in [-0.3, -0.25) is 0 Å². The van der Waals surface area contributed by atoms with E-state index in [2.05, 4.69) is 4.31 Å². The third kappa shape index (κ3) is 5.88. The van der Waals surface area contributed by atoms with Gasteiger partial charge in [0.15, 0.2) is 0 Å². The summed E-state index contributed by atoms with van der Waals surface area (Å²) in [6.07, 6.45) is 3.71. The Kier molecular flexibility index (Phi) is 7.62. The van der Waals surface area contributed by atoms with Crippen LogP contribution in [0.15, 0.2) is 51.6 Å². The zero-order valence-corrected chi connectivity index (χ0v) is 18.0. The van der Waals surface area contributed by atoms with Crippen LogP contribution < -0.4 is 4.74 Å². The molecular formula is C21H25ClN2O3S. The molecule has 0 radical (unpaired) electrons. The lowest BCUT2D eigenvalue weighted by Crippen LogP contribution is -2.32. The summed E-state index contributed by atoms with van der Waals surface area (Å²) in [6.45, 7) is 9.67. The highest BCUT2D eigenvalue weighted by atomic mass is 35.5. The van der Waals surface area contributed by atoms with Crippen LogP contribution in [-0.4, -0.2) is 42.3 Å². The number of hydrogen-bond donors (Lipinski definition) is 0. The molecule has 1 aliphatic heterocycles. The average Bonchev–Trinajstić information content (AvgIpc) is 3.10. The molecule has 1 aromatic carbocycles. The molecule has 1 aliphatic rings. The molecule has 0 spiro atoms. The van der Waals surface area contributed by atoms with E-state index >= 15 is 0 Å². The summed E-state index contributed by atoms with van der Waals surface area (Å²) in [4.78, 5) is 4.88. The van der Waals surface area contributed by atoms with E-state index in [1.54, 1.807) is 18.2 Å². The number of rotatable bonds is 6. The van der Waals surface area contributed by atoms with E-state index in [0.717, 1.165) is 48.4 Å². The predicted octanol–water partition coefficient (Wildman–Crippen LogP) is 5.65. The van der Waals surface area contributed by atoms with Crippen LogP contribution in [0.2, 0.25) is 5.02 Å². The smallest absolute Gasteiger partial charge is 0.140 e. The number of aliphatic imine (C=N–C) groups is 1. The van der Waals surface area contributed by atoms with Gasteiger partial charge in [-0.15, -0.1) is 0 Å². The van der Waals surface area contributed by atoms with Crippen molar-refractivity contribution >= 4 is 34.3 Å². The van der Waals surface area contributed by atoms with Crippen LogP contribution in [0.4, 0.5) is 5.69 Å². The molecule has 3 rings (SSSR count). The second-order valence-corrected chi connectivity index (χ2v) is 8.14. The minimum absolute atomic E-state index is 0.478. The number of morpholine rings is 1. The maximum absolute atomic E-state index is 6.29. The number of allylic oxidation sites excluding steroid dienone is 1. The standard InChI is InChI=1S/C21H25ClN2O3S/c1-15(2)6-10-27-20-14-17(4-5-19(20)22)23-21(18-7-11-26-16(18)3)28-24-8-12-25-13-9-24/h4-7,11,14H,8-10,12-13H2,1-3H3. The van der Waals surface area contributed by atoms with Gasteiger partial charge in [0.1, 0.15) is 23.2 Å². The van der Waals surface area contributed by atoms with Crippen molar-refractivity contribution in [3.8, 4) is 5.75 Å². The first-order valence-corrected chi connectivity index (χ1v) is 10.4. The van der Waals surface area contributed by atoms with Crippen LogP contribution in [0, 0.1) is 6.92 Å². The summed E-state index contributed by atoms with van der Waals surface area (Å²) in [5.41, 5.74) is 2.97. The van der Waals surface area contributed by atoms with E-state index in [0.29, 0.717) is 17.4 Å². The second-order valence-electron chi connectivity index (χ2n) is 6.65. The molecule has 1 saturated heterocycles. The molecule has 0 atom stereocenters. The number of furan rings is 1. The van der Waals surface area contributed by atoms with Crippen LogP contribution >= 0.6 is 23.5 Å². The number of nitrogens with zero attached hydrogens (tertiary/aromatic N) is 2. The first kappa shape index (κ1) is 21.0. The van der Waals surface area contributed by atoms with E-state index in [1.165, 1.54) is 5.57 Å². The molecule has 0 amide bonds. The van der Waals surface area contributed by atoms with E-state index in [4.69, 9.17) is 30.5 Å². The van der Waals surface area contributed by atoms with Crippen molar-refractivity contribution in [2.75, 3.05) is 32.9 Å². The summed E-state index contributed by atoms with van der Waals surface area (Å²) in [7, 11) is 0. The molecule has 2 heterocycles. The van der Waals surface area contributed by atoms with Crippen molar-refractivity contribution in [2.45, 2.75) is 20.8 Å². The van der Waals surface area contributed by atoms with Crippen molar-refractivity contribution in [2.24, 2.45) is 4.99 Å². The number of ether oxygens (including phenoxy) is 2. The Hall–Kier alpha value is -1.73. The summed E-state index contributed by atoms with van der Waals surface area (Å²) in [5.74, 6) is 1.47. The van der Waals surface area contributed by atoms with Gasteiger partial charge in [-0.1, -0.05) is 17.2 Å². The molecule has 5 nitrogen and oxygen atoms in total. The van der Waals surface area contributed by atoms with Gasteiger partial charge < -0.3 is 13.9 Å². The van der Waals surface area contributed by atoms with Crippen molar-refractivity contribution in [1.82, 2.24) is 4.31 Å². The first-order valence-electron chi connectivity index (χ1n) is 9.22. The largest absolute Gasteiger partial charge is 0.488 e. The summed E-state index contributed by atoms with van der Waals surface area (Å²) < 4.78 is 19.0. The fourth-order valence-electron chi connectivity index (χ4n) is 2.58. The minimum Gasteiger partial charge on any atom is -0.488 e. The molecule has 2 aromatic rings. The maximum Gasteiger partial charge on any atom is 0.140 e. The summed E-state index contributed by atoms with van der Waals surface area (Å²) in [5, 5.41) is 1.45. The van der Waals surface area contributed by atoms with Gasteiger partial charge in [0, 0.05) is 24.7 Å². The van der Waals surface area contributed by atoms with Crippen LogP contribution in [0.5, 0.6) is 5.75 Å². The highest BCUT2D eigenvalue weighted by Gasteiger charge is 2.18. The van der Waals surface area contributed by atoms with Crippen LogP contribution in [0.1, 0.15) is 25.2 Å². The monoisotopic (exact) mass is 420 g/mol. The van der Waals surface area contributed by atoms with Gasteiger partial charge in [0.25, 0.3) is 0 Å². The van der Waals surface area contributed by atoms with E-state index in [9.17, 15) is 0 Å². The molecule has 28 heavy (non-hydrogen) atoms. The van der Waals surface area contributed by atoms with Crippen LogP contribution in [0.3, 0.4) is 0 Å². The first-order chi connectivity index (χ1) is 13.5. The number of benzene rings is 1. The maximum atomic E-state index is 6.29. The lowest BCUT2D eigenvalue weighted by atomic mass is 10.2. The lowest BCUT2D eigenvalue weighted by molar-refractivity contribution is 0.0777. The van der Waals surface area contributed by atoms with Gasteiger partial charge in [-0.25, -0.2) is 9.30 Å². The topological polar surface area (TPSA) is 47.2 Å². The van der Waals surface area contributed by atoms with Gasteiger partial charge >= 0.3 is 0 Å². The fourth-order valence-corrected chi connectivity index (χ4v) is 3.79. The highest BCUT2D eigenvalue weighted by molar-refractivity contribution is 8.12. The Morgan fingerprint density at radius 2 is 2.07 bits per heavy atom. The minimum atomic E-state index is 0.478. The number of hydrogen-bond acceptors (Lipinski definition) is 6. The highest BCUT2D eigenvalue weighted by Crippen LogP contribution is 2.32. The molecule has 1 fully saturated rings. The molecule has 0 bridgehead atoms. The summed E-state index contributed by atoms with van der Waals surface area (Å²) >= 11 is 7.92. The Labute approximate surface area is 175 Å². The SMILES string of the molecule is CC(C)=CCOc1cc(N=C(SN2CCOCC2)c2ccoc2C)ccc1Cl. The average molecular weight is 421 g/mol. The zero-order valence-electron chi connectivity index (χ0n) is 16.4. The van der Waals surface area contributed by atoms with E-state index in [-0.39, 0.29) is 0 Å². The van der Waals surface area contributed by atoms with Crippen molar-refractivity contribution in [3.05, 3.63) is 58.5 Å². The van der Waals surface area contributed by atoms with Crippen molar-refractivity contribution < 1.29 is 13.9 Å². The quantitative estimate of drug-likeness (QED) is 0.262. The van der Waals surface area contributed by atoms with Gasteiger partial charge in [0.2, 0.25) is 0 Å². The summed E-state index contributed by atoms with van der Waals surface area (Å²) in [6, 6.07) is 7.53. The molecule has 0 unspecified atom stereocenters. The van der Waals surface area contributed by atoms with Gasteiger partial charge in [-0.05, 0) is 57.0 Å².